The van der Waals surface area contributed by atoms with E-state index in [0.717, 1.165) is 0 Å². The van der Waals surface area contributed by atoms with E-state index < -0.39 is 17.2 Å². The molecule has 0 aromatic rings. The molecule has 1 unspecified atom stereocenters. The average Bonchev–Trinajstić information content (AvgIpc) is 2.11. The monoisotopic (exact) mass is 228 g/mol. The van der Waals surface area contributed by atoms with Crippen molar-refractivity contribution in [2.75, 3.05) is 13.6 Å². The lowest BCUT2D eigenvalue weighted by molar-refractivity contribution is -0.176. The van der Waals surface area contributed by atoms with Crippen LogP contribution in [-0.2, 0) is 14.3 Å². The van der Waals surface area contributed by atoms with Gasteiger partial charge in [0.2, 0.25) is 5.91 Å². The van der Waals surface area contributed by atoms with E-state index in [1.165, 1.54) is 4.90 Å². The predicted octanol–water partition coefficient (Wildman–Crippen LogP) is 0.496. The number of likely N-dealkylation sites (N-methyl/N-ethyl adjacent to an activating group) is 1. The molecule has 1 saturated heterocycles. The van der Waals surface area contributed by atoms with Crippen LogP contribution in [0.25, 0.3) is 0 Å². The Kier molecular flexibility index (Phi) is 3.28. The summed E-state index contributed by atoms with van der Waals surface area (Å²) >= 11 is 0. The van der Waals surface area contributed by atoms with Gasteiger partial charge in [0.05, 0.1) is 0 Å². The lowest BCUT2D eigenvalue weighted by Gasteiger charge is -2.42. The van der Waals surface area contributed by atoms with E-state index in [1.54, 1.807) is 34.7 Å². The molecule has 5 heteroatoms. The highest BCUT2D eigenvalue weighted by molar-refractivity contribution is 5.88. The van der Waals surface area contributed by atoms with Gasteiger partial charge in [0.25, 0.3) is 0 Å². The smallest absolute Gasteiger partial charge is 0.347 e. The Balaban J connectivity index is 2.83. The SMILES string of the molecule is CN1C(=O)CCNC1(C)C(=O)OC(C)(C)C. The summed E-state index contributed by atoms with van der Waals surface area (Å²) in [6.07, 6.45) is 0.412. The first-order chi connectivity index (χ1) is 7.17. The maximum absolute atomic E-state index is 12.0. The van der Waals surface area contributed by atoms with E-state index in [9.17, 15) is 9.59 Å². The number of rotatable bonds is 1. The second-order valence-corrected chi connectivity index (χ2v) is 5.20. The Labute approximate surface area is 96.1 Å². The first kappa shape index (κ1) is 13.0. The standard InChI is InChI=1S/C11H20N2O3/c1-10(2,3)16-9(15)11(4)12-7-6-8(14)13(11)5/h12H,6-7H2,1-5H3. The first-order valence-electron chi connectivity index (χ1n) is 5.42. The molecule has 0 aromatic carbocycles. The Bertz CT molecular complexity index is 309. The number of amides is 1. The van der Waals surface area contributed by atoms with Crippen LogP contribution in [0.5, 0.6) is 0 Å². The fourth-order valence-corrected chi connectivity index (χ4v) is 1.54. The molecule has 1 atom stereocenters. The van der Waals surface area contributed by atoms with E-state index in [2.05, 4.69) is 5.32 Å². The van der Waals surface area contributed by atoms with E-state index in [4.69, 9.17) is 4.74 Å². The fourth-order valence-electron chi connectivity index (χ4n) is 1.54. The molecule has 1 aliphatic heterocycles. The van der Waals surface area contributed by atoms with Gasteiger partial charge in [-0.2, -0.15) is 0 Å². The van der Waals surface area contributed by atoms with Crippen molar-refractivity contribution in [2.45, 2.75) is 45.4 Å². The number of nitrogens with one attached hydrogen (secondary N) is 1. The van der Waals surface area contributed by atoms with Gasteiger partial charge >= 0.3 is 5.97 Å². The number of hydrogen-bond acceptors (Lipinski definition) is 4. The molecule has 1 heterocycles. The van der Waals surface area contributed by atoms with Crippen LogP contribution in [-0.4, -0.2) is 41.6 Å². The highest BCUT2D eigenvalue weighted by Gasteiger charge is 2.45. The van der Waals surface area contributed by atoms with E-state index in [1.807, 2.05) is 0 Å². The molecule has 0 saturated carbocycles. The highest BCUT2D eigenvalue weighted by atomic mass is 16.6. The van der Waals surface area contributed by atoms with Gasteiger partial charge in [-0.25, -0.2) is 4.79 Å². The summed E-state index contributed by atoms with van der Waals surface area (Å²) in [6.45, 7) is 7.58. The molecule has 1 aliphatic rings. The van der Waals surface area contributed by atoms with E-state index in [0.29, 0.717) is 13.0 Å². The minimum absolute atomic E-state index is 0.0490. The zero-order chi connectivity index (χ0) is 12.6. The van der Waals surface area contributed by atoms with Crippen molar-refractivity contribution in [1.29, 1.82) is 0 Å². The second kappa shape index (κ2) is 4.05. The van der Waals surface area contributed by atoms with Crippen LogP contribution in [0.1, 0.15) is 34.1 Å². The second-order valence-electron chi connectivity index (χ2n) is 5.20. The van der Waals surface area contributed by atoms with Crippen molar-refractivity contribution in [2.24, 2.45) is 0 Å². The number of nitrogens with zero attached hydrogens (tertiary/aromatic N) is 1. The number of carbonyl (C=O) groups excluding carboxylic acids is 2. The van der Waals surface area contributed by atoms with Crippen LogP contribution >= 0.6 is 0 Å². The van der Waals surface area contributed by atoms with Crippen LogP contribution in [0.4, 0.5) is 0 Å². The minimum atomic E-state index is -1.05. The minimum Gasteiger partial charge on any atom is -0.457 e. The third-order valence-corrected chi connectivity index (χ3v) is 2.65. The van der Waals surface area contributed by atoms with Gasteiger partial charge in [0.15, 0.2) is 5.66 Å². The largest absolute Gasteiger partial charge is 0.457 e. The summed E-state index contributed by atoms with van der Waals surface area (Å²) in [5, 5.41) is 3.03. The predicted molar refractivity (Wildman–Crippen MR) is 59.6 cm³/mol. The topological polar surface area (TPSA) is 58.6 Å². The fraction of sp³-hybridized carbons (Fsp3) is 0.818. The number of carbonyl (C=O) groups is 2. The Morgan fingerprint density at radius 1 is 1.50 bits per heavy atom. The van der Waals surface area contributed by atoms with Crippen molar-refractivity contribution in [3.63, 3.8) is 0 Å². The quantitative estimate of drug-likeness (QED) is 0.664. The van der Waals surface area contributed by atoms with Crippen molar-refractivity contribution in [3.8, 4) is 0 Å². The van der Waals surface area contributed by atoms with Gasteiger partial charge in [-0.15, -0.1) is 0 Å². The molecule has 1 fully saturated rings. The zero-order valence-corrected chi connectivity index (χ0v) is 10.6. The normalized spacial score (nSPS) is 26.8. The number of hydrogen-bond donors (Lipinski definition) is 1. The maximum Gasteiger partial charge on any atom is 0.347 e. The van der Waals surface area contributed by atoms with Crippen molar-refractivity contribution in [1.82, 2.24) is 10.2 Å². The summed E-state index contributed by atoms with van der Waals surface area (Å²) in [5.74, 6) is -0.470. The van der Waals surface area contributed by atoms with Crippen LogP contribution in [0.15, 0.2) is 0 Å². The van der Waals surface area contributed by atoms with Gasteiger partial charge in [-0.3, -0.25) is 10.1 Å². The van der Waals surface area contributed by atoms with Gasteiger partial charge in [-0.1, -0.05) is 0 Å². The summed E-state index contributed by atoms with van der Waals surface area (Å²) < 4.78 is 5.30. The maximum atomic E-state index is 12.0. The van der Waals surface area contributed by atoms with Gasteiger partial charge in [0, 0.05) is 20.0 Å². The molecule has 5 nitrogen and oxygen atoms in total. The van der Waals surface area contributed by atoms with Crippen molar-refractivity contribution >= 4 is 11.9 Å². The molecule has 1 amide bonds. The zero-order valence-electron chi connectivity index (χ0n) is 10.6. The molecular formula is C11H20N2O3. The Morgan fingerprint density at radius 3 is 2.56 bits per heavy atom. The molecule has 1 N–H and O–H groups in total. The Morgan fingerprint density at radius 2 is 2.06 bits per heavy atom. The summed E-state index contributed by atoms with van der Waals surface area (Å²) in [7, 11) is 1.61. The summed E-state index contributed by atoms with van der Waals surface area (Å²) in [6, 6.07) is 0. The van der Waals surface area contributed by atoms with E-state index >= 15 is 0 Å². The van der Waals surface area contributed by atoms with Gasteiger partial charge < -0.3 is 9.64 Å². The molecule has 0 spiro atoms. The molecular weight excluding hydrogens is 208 g/mol. The third kappa shape index (κ3) is 2.52. The van der Waals surface area contributed by atoms with Crippen LogP contribution in [0.3, 0.4) is 0 Å². The molecule has 1 rings (SSSR count). The lowest BCUT2D eigenvalue weighted by Crippen LogP contribution is -2.67. The molecule has 16 heavy (non-hydrogen) atoms. The van der Waals surface area contributed by atoms with Crippen LogP contribution < -0.4 is 5.32 Å². The van der Waals surface area contributed by atoms with Crippen LogP contribution in [0, 0.1) is 0 Å². The number of esters is 1. The molecule has 92 valence electrons. The molecule has 0 bridgehead atoms. The average molecular weight is 228 g/mol. The lowest BCUT2D eigenvalue weighted by atomic mass is 10.1. The molecule has 0 aromatic heterocycles. The highest BCUT2D eigenvalue weighted by Crippen LogP contribution is 2.20. The summed E-state index contributed by atoms with van der Waals surface area (Å²) in [4.78, 5) is 25.0. The first-order valence-corrected chi connectivity index (χ1v) is 5.42. The Hall–Kier alpha value is -1.10. The van der Waals surface area contributed by atoms with Gasteiger partial charge in [0.1, 0.15) is 5.60 Å². The van der Waals surface area contributed by atoms with E-state index in [-0.39, 0.29) is 5.91 Å². The van der Waals surface area contributed by atoms with Crippen LogP contribution in [0.2, 0.25) is 0 Å². The van der Waals surface area contributed by atoms with Crippen molar-refractivity contribution in [3.05, 3.63) is 0 Å². The third-order valence-electron chi connectivity index (χ3n) is 2.65. The molecule has 0 aliphatic carbocycles. The van der Waals surface area contributed by atoms with Gasteiger partial charge in [-0.05, 0) is 27.7 Å². The molecule has 0 radical (unpaired) electrons. The summed E-state index contributed by atoms with van der Waals surface area (Å²) in [5.41, 5.74) is -1.61. The number of ether oxygens (including phenoxy) is 1. The van der Waals surface area contributed by atoms with Crippen molar-refractivity contribution < 1.29 is 14.3 Å².